The molecular weight excluding hydrogens is 410 g/mol. The molecule has 0 spiro atoms. The molecule has 0 radical (unpaired) electrons. The van der Waals surface area contributed by atoms with Crippen LogP contribution in [0.5, 0.6) is 5.75 Å². The maximum Gasteiger partial charge on any atom is 0.319 e. The predicted molar refractivity (Wildman–Crippen MR) is 107 cm³/mol. The van der Waals surface area contributed by atoms with E-state index in [2.05, 4.69) is 31.9 Å². The van der Waals surface area contributed by atoms with E-state index in [1.807, 2.05) is 31.2 Å². The molecule has 0 fully saturated rings. The first-order valence-corrected chi connectivity index (χ1v) is 9.35. The number of amides is 3. The maximum absolute atomic E-state index is 13.0. The highest BCUT2D eigenvalue weighted by Crippen LogP contribution is 2.32. The molecule has 140 valence electrons. The van der Waals surface area contributed by atoms with Gasteiger partial charge in [-0.1, -0.05) is 34.1 Å². The van der Waals surface area contributed by atoms with E-state index in [4.69, 9.17) is 4.74 Å². The highest BCUT2D eigenvalue weighted by molar-refractivity contribution is 9.10. The van der Waals surface area contributed by atoms with Crippen LogP contribution in [0, 0.1) is 0 Å². The molecule has 1 heterocycles. The lowest BCUT2D eigenvalue weighted by Crippen LogP contribution is -2.46. The molecule has 0 bridgehead atoms. The van der Waals surface area contributed by atoms with Gasteiger partial charge in [-0.2, -0.15) is 0 Å². The number of urea groups is 1. The second kappa shape index (κ2) is 8.26. The van der Waals surface area contributed by atoms with Gasteiger partial charge < -0.3 is 20.7 Å². The largest absolute Gasteiger partial charge is 0.494 e. The first-order valence-electron chi connectivity index (χ1n) is 8.56. The maximum atomic E-state index is 13.0. The molecule has 1 atom stereocenters. The van der Waals surface area contributed by atoms with Crippen molar-refractivity contribution in [3.8, 4) is 5.75 Å². The van der Waals surface area contributed by atoms with Crippen molar-refractivity contribution in [3.05, 3.63) is 69.8 Å². The van der Waals surface area contributed by atoms with Gasteiger partial charge in [0, 0.05) is 15.9 Å². The zero-order chi connectivity index (χ0) is 19.4. The Hall–Kier alpha value is -2.80. The molecule has 6 nitrogen and oxygen atoms in total. The standard InChI is InChI=1S/C20H20BrN3O3/c1-3-27-14-10-8-13(9-11-14)23-19(25)17-12(2)22-20(26)24-18(17)15-6-4-5-7-16(15)21/h4-11,18H,3H2,1-2H3,(H,23,25)(H2,22,24,26)/t18-/m1/s1. The SMILES string of the molecule is CCOc1ccc(NC(=O)C2=C(C)NC(=O)N[C@@H]2c2ccccc2Br)cc1. The molecular formula is C20H20BrN3O3. The van der Waals surface area contributed by atoms with E-state index in [-0.39, 0.29) is 11.9 Å². The molecule has 3 N–H and O–H groups in total. The monoisotopic (exact) mass is 429 g/mol. The van der Waals surface area contributed by atoms with Gasteiger partial charge in [-0.25, -0.2) is 4.79 Å². The van der Waals surface area contributed by atoms with Gasteiger partial charge in [-0.3, -0.25) is 4.79 Å². The van der Waals surface area contributed by atoms with Crippen molar-refractivity contribution >= 4 is 33.6 Å². The smallest absolute Gasteiger partial charge is 0.319 e. The van der Waals surface area contributed by atoms with Crippen LogP contribution >= 0.6 is 15.9 Å². The lowest BCUT2D eigenvalue weighted by molar-refractivity contribution is -0.113. The summed E-state index contributed by atoms with van der Waals surface area (Å²) in [6.07, 6.45) is 0. The number of carbonyl (C=O) groups excluding carboxylic acids is 2. The van der Waals surface area contributed by atoms with E-state index in [0.717, 1.165) is 15.8 Å². The summed E-state index contributed by atoms with van der Waals surface area (Å²) < 4.78 is 6.23. The molecule has 7 heteroatoms. The fraction of sp³-hybridized carbons (Fsp3) is 0.200. The molecule has 0 aliphatic carbocycles. The number of allylic oxidation sites excluding steroid dienone is 1. The zero-order valence-electron chi connectivity index (χ0n) is 15.0. The normalized spacial score (nSPS) is 16.4. The molecule has 0 saturated heterocycles. The first-order chi connectivity index (χ1) is 13.0. The van der Waals surface area contributed by atoms with Crippen LogP contribution in [0.2, 0.25) is 0 Å². The summed E-state index contributed by atoms with van der Waals surface area (Å²) in [5, 5.41) is 8.39. The Bertz CT molecular complexity index is 894. The third-order valence-corrected chi connectivity index (χ3v) is 4.88. The number of anilines is 1. The molecule has 3 rings (SSSR count). The van der Waals surface area contributed by atoms with Crippen molar-refractivity contribution in [2.75, 3.05) is 11.9 Å². The highest BCUT2D eigenvalue weighted by Gasteiger charge is 2.32. The van der Waals surface area contributed by atoms with Crippen molar-refractivity contribution in [3.63, 3.8) is 0 Å². The van der Waals surface area contributed by atoms with Crippen molar-refractivity contribution in [1.82, 2.24) is 10.6 Å². The van der Waals surface area contributed by atoms with Gasteiger partial charge in [0.15, 0.2) is 0 Å². The topological polar surface area (TPSA) is 79.5 Å². The van der Waals surface area contributed by atoms with Crippen LogP contribution in [0.15, 0.2) is 64.3 Å². The van der Waals surface area contributed by atoms with Gasteiger partial charge in [0.1, 0.15) is 5.75 Å². The van der Waals surface area contributed by atoms with E-state index >= 15 is 0 Å². The average molecular weight is 430 g/mol. The van der Waals surface area contributed by atoms with Crippen molar-refractivity contribution < 1.29 is 14.3 Å². The van der Waals surface area contributed by atoms with Crippen LogP contribution in [0.3, 0.4) is 0 Å². The second-order valence-corrected chi connectivity index (χ2v) is 6.86. The fourth-order valence-electron chi connectivity index (χ4n) is 2.94. The number of nitrogens with one attached hydrogen (secondary N) is 3. The third-order valence-electron chi connectivity index (χ3n) is 4.15. The Kier molecular flexibility index (Phi) is 5.81. The minimum atomic E-state index is -0.558. The van der Waals surface area contributed by atoms with Crippen LogP contribution < -0.4 is 20.7 Å². The minimum Gasteiger partial charge on any atom is -0.494 e. The molecule has 1 aliphatic heterocycles. The van der Waals surface area contributed by atoms with Gasteiger partial charge in [0.05, 0.1) is 18.2 Å². The zero-order valence-corrected chi connectivity index (χ0v) is 16.6. The van der Waals surface area contributed by atoms with Crippen LogP contribution in [-0.4, -0.2) is 18.5 Å². The molecule has 1 aliphatic rings. The third kappa shape index (κ3) is 4.31. The number of hydrogen-bond acceptors (Lipinski definition) is 3. The predicted octanol–water partition coefficient (Wildman–Crippen LogP) is 4.11. The Labute approximate surface area is 166 Å². The van der Waals surface area contributed by atoms with Crippen LogP contribution in [-0.2, 0) is 4.79 Å². The van der Waals surface area contributed by atoms with Crippen LogP contribution in [0.4, 0.5) is 10.5 Å². The Morgan fingerprint density at radius 1 is 1.19 bits per heavy atom. The fourth-order valence-corrected chi connectivity index (χ4v) is 3.45. The molecule has 0 unspecified atom stereocenters. The first kappa shape index (κ1) is 19.0. The minimum absolute atomic E-state index is 0.287. The van der Waals surface area contributed by atoms with Crippen LogP contribution in [0.25, 0.3) is 0 Å². The molecule has 0 aromatic heterocycles. The highest BCUT2D eigenvalue weighted by atomic mass is 79.9. The number of benzene rings is 2. The van der Waals surface area contributed by atoms with Crippen molar-refractivity contribution in [1.29, 1.82) is 0 Å². The summed E-state index contributed by atoms with van der Waals surface area (Å²) in [5.41, 5.74) is 2.42. The average Bonchev–Trinajstić information content (AvgIpc) is 2.63. The van der Waals surface area contributed by atoms with Gasteiger partial charge in [-0.15, -0.1) is 0 Å². The number of rotatable bonds is 5. The van der Waals surface area contributed by atoms with Gasteiger partial charge >= 0.3 is 6.03 Å². The lowest BCUT2D eigenvalue weighted by Gasteiger charge is -2.29. The second-order valence-electron chi connectivity index (χ2n) is 6.00. The number of carbonyl (C=O) groups is 2. The molecule has 2 aromatic carbocycles. The van der Waals surface area contributed by atoms with Crippen molar-refractivity contribution in [2.45, 2.75) is 19.9 Å². The van der Waals surface area contributed by atoms with E-state index in [1.54, 1.807) is 31.2 Å². The molecule has 0 saturated carbocycles. The van der Waals surface area contributed by atoms with Gasteiger partial charge in [-0.05, 0) is 49.7 Å². The number of ether oxygens (including phenoxy) is 1. The molecule has 3 amide bonds. The quantitative estimate of drug-likeness (QED) is 0.668. The van der Waals surface area contributed by atoms with Gasteiger partial charge in [0.25, 0.3) is 5.91 Å². The lowest BCUT2D eigenvalue weighted by atomic mass is 9.95. The van der Waals surface area contributed by atoms with Gasteiger partial charge in [0.2, 0.25) is 0 Å². The molecule has 27 heavy (non-hydrogen) atoms. The van der Waals surface area contributed by atoms with Crippen LogP contribution in [0.1, 0.15) is 25.5 Å². The summed E-state index contributed by atoms with van der Waals surface area (Å²) in [4.78, 5) is 25.0. The summed E-state index contributed by atoms with van der Waals surface area (Å²) in [6.45, 7) is 4.21. The Morgan fingerprint density at radius 2 is 1.89 bits per heavy atom. The van der Waals surface area contributed by atoms with E-state index in [9.17, 15) is 9.59 Å². The van der Waals surface area contributed by atoms with E-state index in [1.165, 1.54) is 0 Å². The Balaban J connectivity index is 1.88. The summed E-state index contributed by atoms with van der Waals surface area (Å²) in [7, 11) is 0. The number of hydrogen-bond donors (Lipinski definition) is 3. The summed E-state index contributed by atoms with van der Waals surface area (Å²) >= 11 is 3.50. The summed E-state index contributed by atoms with van der Waals surface area (Å²) in [5.74, 6) is 0.452. The van der Waals surface area contributed by atoms with Crippen molar-refractivity contribution in [2.24, 2.45) is 0 Å². The summed E-state index contributed by atoms with van der Waals surface area (Å²) in [6, 6.07) is 13.8. The van der Waals surface area contributed by atoms with E-state index < -0.39 is 6.04 Å². The Morgan fingerprint density at radius 3 is 2.56 bits per heavy atom. The van der Waals surface area contributed by atoms with E-state index in [0.29, 0.717) is 23.6 Å². The molecule has 2 aromatic rings. The number of halogens is 1.